The number of benzene rings is 2. The minimum absolute atomic E-state index is 0.102. The number of amides is 2. The molecule has 4 aliphatic heterocycles. The fourth-order valence-electron chi connectivity index (χ4n) is 9.40. The number of hydrogen-bond acceptors (Lipinski definition) is 11. The number of rotatable bonds is 8. The van der Waals surface area contributed by atoms with Gasteiger partial charge >= 0.3 is 5.69 Å². The molecule has 1 spiro atoms. The van der Waals surface area contributed by atoms with Gasteiger partial charge in [0, 0.05) is 82.0 Å². The molecule has 4 fully saturated rings. The number of likely N-dealkylation sites (tertiary alicyclic amines) is 1. The summed E-state index contributed by atoms with van der Waals surface area (Å²) in [6.45, 7) is 7.03. The van der Waals surface area contributed by atoms with Crippen molar-refractivity contribution < 1.29 is 23.8 Å². The van der Waals surface area contributed by atoms with Gasteiger partial charge in [-0.15, -0.1) is 0 Å². The number of morpholine rings is 1. The lowest BCUT2D eigenvalue weighted by Crippen LogP contribution is -2.60. The molecule has 2 amide bonds. The van der Waals surface area contributed by atoms with Gasteiger partial charge in [0.15, 0.2) is 0 Å². The average Bonchev–Trinajstić information content (AvgIpc) is 3.47. The van der Waals surface area contributed by atoms with Gasteiger partial charge in [0.25, 0.3) is 5.56 Å². The molecular formula is C42H48N8O7. The average molecular weight is 777 g/mol. The number of imidazole rings is 1. The summed E-state index contributed by atoms with van der Waals surface area (Å²) in [5, 5.41) is 3.78. The molecule has 0 aliphatic carbocycles. The van der Waals surface area contributed by atoms with E-state index in [1.165, 1.54) is 0 Å². The second-order valence-corrected chi connectivity index (χ2v) is 16.0. The number of ether oxygens (including phenoxy) is 3. The molecule has 4 saturated heterocycles. The number of pyridine rings is 2. The fraction of sp³-hybridized carbons (Fsp3) is 0.452. The summed E-state index contributed by atoms with van der Waals surface area (Å²) in [7, 11) is 6.89. The van der Waals surface area contributed by atoms with Crippen LogP contribution in [-0.4, -0.2) is 102 Å². The Labute approximate surface area is 329 Å². The van der Waals surface area contributed by atoms with E-state index in [0.29, 0.717) is 37.1 Å². The first-order valence-corrected chi connectivity index (χ1v) is 19.7. The van der Waals surface area contributed by atoms with Crippen molar-refractivity contribution in [1.29, 1.82) is 0 Å². The summed E-state index contributed by atoms with van der Waals surface area (Å²) in [5.41, 5.74) is 5.07. The minimum Gasteiger partial charge on any atom is -0.496 e. The summed E-state index contributed by atoms with van der Waals surface area (Å²) in [6.07, 6.45) is 6.13. The van der Waals surface area contributed by atoms with Crippen molar-refractivity contribution in [3.63, 3.8) is 0 Å². The molecule has 15 nitrogen and oxygen atoms in total. The highest BCUT2D eigenvalue weighted by Gasteiger charge is 2.46. The van der Waals surface area contributed by atoms with E-state index in [9.17, 15) is 19.2 Å². The van der Waals surface area contributed by atoms with Gasteiger partial charge in [-0.25, -0.2) is 9.78 Å². The third-order valence-electron chi connectivity index (χ3n) is 12.6. The van der Waals surface area contributed by atoms with E-state index in [1.54, 1.807) is 48.2 Å². The maximum Gasteiger partial charge on any atom is 0.329 e. The summed E-state index contributed by atoms with van der Waals surface area (Å²) in [4.78, 5) is 63.0. The summed E-state index contributed by atoms with van der Waals surface area (Å²) in [6, 6.07) is 11.3. The number of aryl methyl sites for hydroxylation is 2. The number of aromatic nitrogens is 4. The van der Waals surface area contributed by atoms with E-state index < -0.39 is 11.9 Å². The predicted octanol–water partition coefficient (Wildman–Crippen LogP) is 3.19. The first kappa shape index (κ1) is 36.9. The zero-order chi connectivity index (χ0) is 39.6. The zero-order valence-electron chi connectivity index (χ0n) is 32.9. The van der Waals surface area contributed by atoms with Crippen molar-refractivity contribution in [2.24, 2.45) is 19.5 Å². The first-order valence-electron chi connectivity index (χ1n) is 19.7. The normalized spacial score (nSPS) is 20.0. The van der Waals surface area contributed by atoms with Gasteiger partial charge < -0.3 is 28.6 Å². The first-order chi connectivity index (χ1) is 27.6. The van der Waals surface area contributed by atoms with E-state index in [-0.39, 0.29) is 29.0 Å². The molecule has 57 heavy (non-hydrogen) atoms. The van der Waals surface area contributed by atoms with Gasteiger partial charge in [-0.2, -0.15) is 0 Å². The zero-order valence-corrected chi connectivity index (χ0v) is 32.9. The monoisotopic (exact) mass is 776 g/mol. The highest BCUT2D eigenvalue weighted by Crippen LogP contribution is 2.46. The standard InChI is InChI=1S/C42H48N8O7/c1-45-22-29(27-20-36(43-21-28(27)40(45)53)48-14-16-57-17-15-48)26-18-34(55-3)30(35(19-26)56-4)23-47-12-10-42(11-13-47)24-49(25-42)31-6-5-7-32-38(31)46(2)41(54)50(32)33-8-9-37(51)44-39(33)52/h5-7,18-22,33H,8-17,23-25H2,1-4H3,(H,44,51,52). The Morgan fingerprint density at radius 2 is 1.63 bits per heavy atom. The number of anilines is 2. The number of hydrogen-bond donors (Lipinski definition) is 1. The van der Waals surface area contributed by atoms with Crippen LogP contribution in [0.15, 0.2) is 58.4 Å². The van der Waals surface area contributed by atoms with Gasteiger partial charge in [-0.05, 0) is 68.2 Å². The van der Waals surface area contributed by atoms with E-state index >= 15 is 0 Å². The highest BCUT2D eigenvalue weighted by molar-refractivity contribution is 6.01. The van der Waals surface area contributed by atoms with Crippen LogP contribution in [0, 0.1) is 5.41 Å². The molecule has 7 heterocycles. The second-order valence-electron chi connectivity index (χ2n) is 16.0. The van der Waals surface area contributed by atoms with Gasteiger partial charge in [0.1, 0.15) is 23.4 Å². The Kier molecular flexibility index (Phi) is 9.31. The lowest BCUT2D eigenvalue weighted by molar-refractivity contribution is -0.135. The molecule has 1 N–H and O–H groups in total. The Hall–Kier alpha value is -5.67. The van der Waals surface area contributed by atoms with Crippen molar-refractivity contribution in [3.8, 4) is 22.6 Å². The summed E-state index contributed by atoms with van der Waals surface area (Å²) in [5.74, 6) is 1.54. The molecule has 298 valence electrons. The number of imide groups is 1. The van der Waals surface area contributed by atoms with Crippen LogP contribution in [0.3, 0.4) is 0 Å². The molecule has 5 aromatic rings. The van der Waals surface area contributed by atoms with Gasteiger partial charge in [-0.3, -0.25) is 33.7 Å². The maximum absolute atomic E-state index is 13.5. The maximum atomic E-state index is 13.5. The molecule has 3 aromatic heterocycles. The number of nitrogens with one attached hydrogen (secondary N) is 1. The minimum atomic E-state index is -0.713. The third-order valence-corrected chi connectivity index (χ3v) is 12.6. The van der Waals surface area contributed by atoms with Crippen LogP contribution in [0.2, 0.25) is 0 Å². The van der Waals surface area contributed by atoms with Gasteiger partial charge in [0.2, 0.25) is 11.8 Å². The lowest BCUT2D eigenvalue weighted by atomic mass is 9.71. The van der Waals surface area contributed by atoms with E-state index in [2.05, 4.69) is 31.1 Å². The number of para-hydroxylation sites is 1. The number of carbonyl (C=O) groups excluding carboxylic acids is 2. The topological polar surface area (TPSA) is 145 Å². The summed E-state index contributed by atoms with van der Waals surface area (Å²) < 4.78 is 22.4. The van der Waals surface area contributed by atoms with Crippen molar-refractivity contribution in [3.05, 3.63) is 75.2 Å². The third kappa shape index (κ3) is 6.33. The van der Waals surface area contributed by atoms with Gasteiger partial charge in [-0.1, -0.05) is 6.07 Å². The lowest BCUT2D eigenvalue weighted by Gasteiger charge is -2.55. The Bertz CT molecular complexity index is 2510. The van der Waals surface area contributed by atoms with Crippen LogP contribution in [0.4, 0.5) is 11.5 Å². The molecule has 1 unspecified atom stereocenters. The smallest absolute Gasteiger partial charge is 0.329 e. The Morgan fingerprint density at radius 1 is 0.912 bits per heavy atom. The van der Waals surface area contributed by atoms with Crippen LogP contribution in [0.1, 0.15) is 37.3 Å². The van der Waals surface area contributed by atoms with Crippen LogP contribution in [0.5, 0.6) is 11.5 Å². The number of fused-ring (bicyclic) bond motifs is 2. The predicted molar refractivity (Wildman–Crippen MR) is 216 cm³/mol. The molecule has 0 saturated carbocycles. The van der Waals surface area contributed by atoms with Crippen molar-refractivity contribution >= 4 is 45.1 Å². The van der Waals surface area contributed by atoms with Crippen LogP contribution in [0.25, 0.3) is 32.9 Å². The van der Waals surface area contributed by atoms with Crippen LogP contribution < -0.4 is 35.8 Å². The molecule has 2 aromatic carbocycles. The number of methoxy groups -OCH3 is 2. The Balaban J connectivity index is 0.927. The Morgan fingerprint density at radius 3 is 2.32 bits per heavy atom. The van der Waals surface area contributed by atoms with Crippen molar-refractivity contribution in [2.75, 3.05) is 76.5 Å². The molecular weight excluding hydrogens is 729 g/mol. The second kappa shape index (κ2) is 14.4. The highest BCUT2D eigenvalue weighted by atomic mass is 16.5. The molecule has 4 aliphatic rings. The number of piperidine rings is 2. The van der Waals surface area contributed by atoms with Gasteiger partial charge in [0.05, 0.1) is 55.1 Å². The SMILES string of the molecule is COc1cc(-c2cn(C)c(=O)c3cnc(N4CCOCC4)cc23)cc(OC)c1CN1CCC2(CC1)CN(c1cccc3c1n(C)c(=O)n3C1CCC(=O)NC1=O)C2. The largest absolute Gasteiger partial charge is 0.496 e. The number of carbonyl (C=O) groups is 2. The fourth-order valence-corrected chi connectivity index (χ4v) is 9.40. The van der Waals surface area contributed by atoms with Crippen LogP contribution >= 0.6 is 0 Å². The van der Waals surface area contributed by atoms with E-state index in [0.717, 1.165) is 103 Å². The van der Waals surface area contributed by atoms with Crippen LogP contribution in [-0.2, 0) is 35.0 Å². The number of nitrogens with zero attached hydrogens (tertiary/aromatic N) is 7. The molecule has 9 rings (SSSR count). The van der Waals surface area contributed by atoms with E-state index in [1.807, 2.05) is 36.5 Å². The van der Waals surface area contributed by atoms with Crippen molar-refractivity contribution in [2.45, 2.75) is 38.3 Å². The summed E-state index contributed by atoms with van der Waals surface area (Å²) >= 11 is 0. The van der Waals surface area contributed by atoms with E-state index in [4.69, 9.17) is 14.2 Å². The van der Waals surface area contributed by atoms with Crippen molar-refractivity contribution in [1.82, 2.24) is 28.9 Å². The molecule has 1 atom stereocenters. The molecule has 0 bridgehead atoms. The quantitative estimate of drug-likeness (QED) is 0.232. The molecule has 15 heteroatoms. The molecule has 0 radical (unpaired) electrons.